The predicted octanol–water partition coefficient (Wildman–Crippen LogP) is 1.54. The molecular formula is C16H17N5O3S. The molecule has 0 fully saturated rings. The number of hydrogen-bond donors (Lipinski definition) is 1. The van der Waals surface area contributed by atoms with Crippen LogP contribution >= 0.6 is 0 Å². The van der Waals surface area contributed by atoms with Crippen molar-refractivity contribution in [2.45, 2.75) is 18.4 Å². The first kappa shape index (κ1) is 17.1. The molecule has 1 aromatic heterocycles. The van der Waals surface area contributed by atoms with Gasteiger partial charge in [-0.25, -0.2) is 13.1 Å². The van der Waals surface area contributed by atoms with Gasteiger partial charge >= 0.3 is 0 Å². The van der Waals surface area contributed by atoms with Gasteiger partial charge in [0.2, 0.25) is 10.0 Å². The van der Waals surface area contributed by atoms with Gasteiger partial charge in [0.05, 0.1) is 23.7 Å². The molecule has 3 aromatic rings. The van der Waals surface area contributed by atoms with E-state index in [1.54, 1.807) is 42.5 Å². The van der Waals surface area contributed by atoms with E-state index >= 15 is 0 Å². The molecule has 0 aliphatic rings. The lowest BCUT2D eigenvalue weighted by Gasteiger charge is -2.08. The highest BCUT2D eigenvalue weighted by atomic mass is 32.2. The van der Waals surface area contributed by atoms with Crippen molar-refractivity contribution >= 4 is 10.0 Å². The zero-order valence-electron chi connectivity index (χ0n) is 13.5. The van der Waals surface area contributed by atoms with Gasteiger partial charge in [-0.3, -0.25) is 0 Å². The van der Waals surface area contributed by atoms with E-state index in [0.717, 1.165) is 5.75 Å². The molecule has 9 heteroatoms. The second kappa shape index (κ2) is 7.41. The Labute approximate surface area is 145 Å². The fraction of sp³-hybridized carbons (Fsp3) is 0.188. The highest BCUT2D eigenvalue weighted by Crippen LogP contribution is 2.15. The Balaban J connectivity index is 1.76. The lowest BCUT2D eigenvalue weighted by molar-refractivity contribution is 0.340. The first-order valence-corrected chi connectivity index (χ1v) is 9.13. The van der Waals surface area contributed by atoms with Gasteiger partial charge in [-0.1, -0.05) is 18.2 Å². The van der Waals surface area contributed by atoms with E-state index in [9.17, 15) is 8.42 Å². The molecule has 0 aliphatic carbocycles. The molecule has 2 aromatic carbocycles. The standard InChI is InChI=1S/C16H17N5O3S/c1-2-24-14-10-8-13(9-11-14)21-16(18-19-20-21)12-17-25(22,23)15-6-4-3-5-7-15/h3-11,17H,2,12H2,1H3. The van der Waals surface area contributed by atoms with Crippen molar-refractivity contribution in [1.29, 1.82) is 0 Å². The molecule has 0 saturated heterocycles. The zero-order chi connectivity index (χ0) is 17.7. The number of aromatic nitrogens is 4. The van der Waals surface area contributed by atoms with Crippen molar-refractivity contribution in [2.75, 3.05) is 6.61 Å². The van der Waals surface area contributed by atoms with Crippen LogP contribution in [0.25, 0.3) is 5.69 Å². The Kier molecular flexibility index (Phi) is 5.05. The summed E-state index contributed by atoms with van der Waals surface area (Å²) in [4.78, 5) is 0.190. The molecule has 130 valence electrons. The van der Waals surface area contributed by atoms with Gasteiger partial charge in [0, 0.05) is 0 Å². The molecule has 0 radical (unpaired) electrons. The number of tetrazole rings is 1. The number of nitrogens with one attached hydrogen (secondary N) is 1. The summed E-state index contributed by atoms with van der Waals surface area (Å²) in [5.74, 6) is 1.12. The Morgan fingerprint density at radius 2 is 1.80 bits per heavy atom. The monoisotopic (exact) mass is 359 g/mol. The van der Waals surface area contributed by atoms with E-state index in [1.165, 1.54) is 16.8 Å². The average Bonchev–Trinajstić information content (AvgIpc) is 3.10. The SMILES string of the molecule is CCOc1ccc(-n2nnnc2CNS(=O)(=O)c2ccccc2)cc1. The summed E-state index contributed by atoms with van der Waals surface area (Å²) in [5, 5.41) is 11.4. The summed E-state index contributed by atoms with van der Waals surface area (Å²) >= 11 is 0. The highest BCUT2D eigenvalue weighted by molar-refractivity contribution is 7.89. The van der Waals surface area contributed by atoms with Gasteiger partial charge in [0.25, 0.3) is 0 Å². The molecule has 0 amide bonds. The van der Waals surface area contributed by atoms with Crippen molar-refractivity contribution in [2.24, 2.45) is 0 Å². The zero-order valence-corrected chi connectivity index (χ0v) is 14.3. The summed E-state index contributed by atoms with van der Waals surface area (Å²) < 4.78 is 33.9. The van der Waals surface area contributed by atoms with Crippen LogP contribution in [0.3, 0.4) is 0 Å². The van der Waals surface area contributed by atoms with Crippen LogP contribution in [0.15, 0.2) is 59.5 Å². The lowest BCUT2D eigenvalue weighted by Crippen LogP contribution is -2.25. The van der Waals surface area contributed by atoms with Gasteiger partial charge in [-0.15, -0.1) is 5.10 Å². The smallest absolute Gasteiger partial charge is 0.240 e. The van der Waals surface area contributed by atoms with E-state index in [1.807, 2.05) is 6.92 Å². The quantitative estimate of drug-likeness (QED) is 0.687. The fourth-order valence-electron chi connectivity index (χ4n) is 2.21. The highest BCUT2D eigenvalue weighted by Gasteiger charge is 2.16. The largest absolute Gasteiger partial charge is 0.494 e. The molecule has 0 saturated carbocycles. The second-order valence-corrected chi connectivity index (χ2v) is 6.84. The Hall–Kier alpha value is -2.78. The van der Waals surface area contributed by atoms with Crippen LogP contribution in [0.1, 0.15) is 12.7 Å². The van der Waals surface area contributed by atoms with Crippen LogP contribution in [-0.2, 0) is 16.6 Å². The second-order valence-electron chi connectivity index (χ2n) is 5.07. The molecule has 0 bridgehead atoms. The van der Waals surface area contributed by atoms with Crippen molar-refractivity contribution < 1.29 is 13.2 Å². The number of rotatable bonds is 7. The molecule has 0 atom stereocenters. The normalized spacial score (nSPS) is 11.4. The summed E-state index contributed by atoms with van der Waals surface area (Å²) in [5.41, 5.74) is 0.711. The van der Waals surface area contributed by atoms with Gasteiger partial charge in [0.1, 0.15) is 5.75 Å². The summed E-state index contributed by atoms with van der Waals surface area (Å²) in [6.45, 7) is 2.46. The van der Waals surface area contributed by atoms with Crippen molar-refractivity contribution in [3.05, 3.63) is 60.4 Å². The van der Waals surface area contributed by atoms with Crippen LogP contribution in [0.4, 0.5) is 0 Å². The van der Waals surface area contributed by atoms with Gasteiger partial charge < -0.3 is 4.74 Å². The maximum Gasteiger partial charge on any atom is 0.240 e. The Morgan fingerprint density at radius 1 is 1.08 bits per heavy atom. The van der Waals surface area contributed by atoms with Gasteiger partial charge in [-0.2, -0.15) is 4.68 Å². The first-order chi connectivity index (χ1) is 12.1. The summed E-state index contributed by atoms with van der Waals surface area (Å²) in [6, 6.07) is 15.3. The van der Waals surface area contributed by atoms with Gasteiger partial charge in [0.15, 0.2) is 5.82 Å². The minimum atomic E-state index is -3.63. The summed E-state index contributed by atoms with van der Waals surface area (Å²) in [7, 11) is -3.63. The molecule has 0 spiro atoms. The molecule has 1 N–H and O–H groups in total. The van der Waals surface area contributed by atoms with Crippen LogP contribution in [0.2, 0.25) is 0 Å². The van der Waals surface area contributed by atoms with E-state index in [-0.39, 0.29) is 11.4 Å². The minimum absolute atomic E-state index is 0.0303. The summed E-state index contributed by atoms with van der Waals surface area (Å²) in [6.07, 6.45) is 0. The first-order valence-electron chi connectivity index (χ1n) is 7.65. The average molecular weight is 359 g/mol. The van der Waals surface area contributed by atoms with Gasteiger partial charge in [-0.05, 0) is 53.7 Å². The molecule has 25 heavy (non-hydrogen) atoms. The Bertz CT molecular complexity index is 924. The Morgan fingerprint density at radius 3 is 2.48 bits per heavy atom. The third-order valence-electron chi connectivity index (χ3n) is 3.40. The molecule has 0 aliphatic heterocycles. The third kappa shape index (κ3) is 4.01. The van der Waals surface area contributed by atoms with E-state index in [0.29, 0.717) is 18.1 Å². The minimum Gasteiger partial charge on any atom is -0.494 e. The number of ether oxygens (including phenoxy) is 1. The number of benzene rings is 2. The lowest BCUT2D eigenvalue weighted by atomic mass is 10.3. The number of hydrogen-bond acceptors (Lipinski definition) is 6. The number of nitrogens with zero attached hydrogens (tertiary/aromatic N) is 4. The molecule has 8 nitrogen and oxygen atoms in total. The van der Waals surface area contributed by atoms with Crippen LogP contribution in [0, 0.1) is 0 Å². The molecular weight excluding hydrogens is 342 g/mol. The van der Waals surface area contributed by atoms with Crippen molar-refractivity contribution in [1.82, 2.24) is 24.9 Å². The van der Waals surface area contributed by atoms with E-state index in [2.05, 4.69) is 20.2 Å². The van der Waals surface area contributed by atoms with Crippen LogP contribution < -0.4 is 9.46 Å². The van der Waals surface area contributed by atoms with Crippen molar-refractivity contribution in [3.63, 3.8) is 0 Å². The maximum atomic E-state index is 12.3. The van der Waals surface area contributed by atoms with E-state index in [4.69, 9.17) is 4.74 Å². The molecule has 1 heterocycles. The molecule has 0 unspecified atom stereocenters. The third-order valence-corrected chi connectivity index (χ3v) is 4.82. The van der Waals surface area contributed by atoms with Crippen molar-refractivity contribution in [3.8, 4) is 11.4 Å². The van der Waals surface area contributed by atoms with Crippen LogP contribution in [-0.4, -0.2) is 35.2 Å². The maximum absolute atomic E-state index is 12.3. The molecule has 3 rings (SSSR count). The topological polar surface area (TPSA) is 99.0 Å². The predicted molar refractivity (Wildman–Crippen MR) is 90.8 cm³/mol. The number of sulfonamides is 1. The fourth-order valence-corrected chi connectivity index (χ4v) is 3.21. The van der Waals surface area contributed by atoms with Crippen LogP contribution in [0.5, 0.6) is 5.75 Å². The van der Waals surface area contributed by atoms with E-state index < -0.39 is 10.0 Å².